The maximum atomic E-state index is 6.17. The van der Waals surface area contributed by atoms with Gasteiger partial charge in [-0.3, -0.25) is 4.57 Å². The van der Waals surface area contributed by atoms with Gasteiger partial charge in [0.05, 0.1) is 10.9 Å². The van der Waals surface area contributed by atoms with E-state index in [0.29, 0.717) is 5.25 Å². The van der Waals surface area contributed by atoms with Gasteiger partial charge in [0.15, 0.2) is 5.65 Å². The van der Waals surface area contributed by atoms with E-state index in [1.54, 1.807) is 0 Å². The maximum Gasteiger partial charge on any atom is 0.164 e. The Morgan fingerprint density at radius 3 is 3.00 bits per heavy atom. The first-order valence-electron chi connectivity index (χ1n) is 7.04. The SMILES string of the molecule is Clc1cccc(-n2c(C3CCCS3)nc3cccnc32)c1. The van der Waals surface area contributed by atoms with E-state index in [1.165, 1.54) is 18.6 Å². The molecule has 2 aromatic heterocycles. The summed E-state index contributed by atoms with van der Waals surface area (Å²) in [5, 5.41) is 1.17. The highest BCUT2D eigenvalue weighted by Gasteiger charge is 2.25. The quantitative estimate of drug-likeness (QED) is 0.690. The van der Waals surface area contributed by atoms with Gasteiger partial charge in [-0.2, -0.15) is 11.8 Å². The van der Waals surface area contributed by atoms with Gasteiger partial charge >= 0.3 is 0 Å². The van der Waals surface area contributed by atoms with E-state index in [4.69, 9.17) is 16.6 Å². The predicted octanol–water partition coefficient (Wildman–Crippen LogP) is 4.64. The highest BCUT2D eigenvalue weighted by molar-refractivity contribution is 7.99. The van der Waals surface area contributed by atoms with Crippen LogP contribution in [-0.4, -0.2) is 20.3 Å². The van der Waals surface area contributed by atoms with Crippen molar-refractivity contribution >= 4 is 34.5 Å². The van der Waals surface area contributed by atoms with Crippen molar-refractivity contribution in [2.45, 2.75) is 18.1 Å². The minimum Gasteiger partial charge on any atom is -0.280 e. The largest absolute Gasteiger partial charge is 0.280 e. The Morgan fingerprint density at radius 2 is 2.19 bits per heavy atom. The molecule has 3 heterocycles. The number of benzene rings is 1. The second kappa shape index (κ2) is 5.35. The first-order chi connectivity index (χ1) is 10.3. The van der Waals surface area contributed by atoms with E-state index < -0.39 is 0 Å². The van der Waals surface area contributed by atoms with Crippen LogP contribution in [0, 0.1) is 0 Å². The Kier molecular flexibility index (Phi) is 3.36. The van der Waals surface area contributed by atoms with Gasteiger partial charge in [-0.1, -0.05) is 17.7 Å². The van der Waals surface area contributed by atoms with Crippen LogP contribution < -0.4 is 0 Å². The van der Waals surface area contributed by atoms with Crippen molar-refractivity contribution in [2.24, 2.45) is 0 Å². The number of hydrogen-bond acceptors (Lipinski definition) is 3. The topological polar surface area (TPSA) is 30.7 Å². The molecule has 21 heavy (non-hydrogen) atoms. The number of nitrogens with zero attached hydrogens (tertiary/aromatic N) is 3. The summed E-state index contributed by atoms with van der Waals surface area (Å²) in [5.74, 6) is 2.30. The molecular weight excluding hydrogens is 302 g/mol. The third-order valence-electron chi connectivity index (χ3n) is 3.73. The fourth-order valence-corrected chi connectivity index (χ4v) is 4.24. The molecule has 1 saturated heterocycles. The van der Waals surface area contributed by atoms with Gasteiger partial charge in [0.25, 0.3) is 0 Å². The number of pyridine rings is 1. The van der Waals surface area contributed by atoms with Crippen LogP contribution in [0.3, 0.4) is 0 Å². The minimum absolute atomic E-state index is 0.443. The summed E-state index contributed by atoms with van der Waals surface area (Å²) in [6.45, 7) is 0. The van der Waals surface area contributed by atoms with E-state index >= 15 is 0 Å². The van der Waals surface area contributed by atoms with Crippen molar-refractivity contribution in [3.05, 3.63) is 53.4 Å². The van der Waals surface area contributed by atoms with Crippen molar-refractivity contribution in [1.29, 1.82) is 0 Å². The Bertz CT molecular complexity index is 793. The molecule has 1 aliphatic heterocycles. The number of imidazole rings is 1. The molecule has 1 aromatic carbocycles. The molecule has 0 amide bonds. The molecule has 0 N–H and O–H groups in total. The van der Waals surface area contributed by atoms with E-state index in [1.807, 2.05) is 48.3 Å². The van der Waals surface area contributed by atoms with Crippen molar-refractivity contribution in [3.63, 3.8) is 0 Å². The lowest BCUT2D eigenvalue weighted by Gasteiger charge is -2.13. The van der Waals surface area contributed by atoms with Gasteiger partial charge in [0, 0.05) is 11.2 Å². The fraction of sp³-hybridized carbons (Fsp3) is 0.250. The molecule has 0 saturated carbocycles. The van der Waals surface area contributed by atoms with Crippen molar-refractivity contribution in [1.82, 2.24) is 14.5 Å². The van der Waals surface area contributed by atoms with E-state index in [-0.39, 0.29) is 0 Å². The van der Waals surface area contributed by atoms with Crippen LogP contribution >= 0.6 is 23.4 Å². The standard InChI is InChI=1S/C16H14ClN3S/c17-11-4-1-5-12(10-11)20-15-13(6-2-8-18-15)19-16(20)14-7-3-9-21-14/h1-2,4-6,8,10,14H,3,7,9H2. The fourth-order valence-electron chi connectivity index (χ4n) is 2.80. The monoisotopic (exact) mass is 315 g/mol. The maximum absolute atomic E-state index is 6.17. The first kappa shape index (κ1) is 13.2. The number of thioether (sulfide) groups is 1. The molecule has 0 bridgehead atoms. The molecule has 3 aromatic rings. The zero-order chi connectivity index (χ0) is 14.2. The van der Waals surface area contributed by atoms with Crippen LogP contribution in [0.4, 0.5) is 0 Å². The molecule has 106 valence electrons. The first-order valence-corrected chi connectivity index (χ1v) is 8.46. The van der Waals surface area contributed by atoms with Gasteiger partial charge < -0.3 is 0 Å². The Labute approximate surface area is 132 Å². The van der Waals surface area contributed by atoms with Gasteiger partial charge in [-0.15, -0.1) is 0 Å². The van der Waals surface area contributed by atoms with Crippen LogP contribution in [0.15, 0.2) is 42.6 Å². The number of fused-ring (bicyclic) bond motifs is 1. The molecule has 0 spiro atoms. The Hall–Kier alpha value is -1.52. The van der Waals surface area contributed by atoms with Crippen LogP contribution in [0.25, 0.3) is 16.9 Å². The van der Waals surface area contributed by atoms with E-state index in [2.05, 4.69) is 15.6 Å². The summed E-state index contributed by atoms with van der Waals surface area (Å²) in [6.07, 6.45) is 4.24. The lowest BCUT2D eigenvalue weighted by molar-refractivity contribution is 0.765. The lowest BCUT2D eigenvalue weighted by Crippen LogP contribution is -2.04. The molecular formula is C16H14ClN3S. The van der Waals surface area contributed by atoms with Crippen molar-refractivity contribution in [3.8, 4) is 5.69 Å². The number of hydrogen-bond donors (Lipinski definition) is 0. The predicted molar refractivity (Wildman–Crippen MR) is 88.3 cm³/mol. The van der Waals surface area contributed by atoms with Crippen molar-refractivity contribution < 1.29 is 0 Å². The van der Waals surface area contributed by atoms with E-state index in [0.717, 1.165) is 27.7 Å². The van der Waals surface area contributed by atoms with Crippen LogP contribution in [-0.2, 0) is 0 Å². The Morgan fingerprint density at radius 1 is 1.24 bits per heavy atom. The summed E-state index contributed by atoms with van der Waals surface area (Å²) in [6, 6.07) is 11.8. The normalized spacial score (nSPS) is 18.4. The lowest BCUT2D eigenvalue weighted by atomic mass is 10.2. The van der Waals surface area contributed by atoms with Crippen LogP contribution in [0.1, 0.15) is 23.9 Å². The van der Waals surface area contributed by atoms with Gasteiger partial charge in [0.2, 0.25) is 0 Å². The zero-order valence-electron chi connectivity index (χ0n) is 11.4. The van der Waals surface area contributed by atoms with Gasteiger partial charge in [-0.05, 0) is 48.9 Å². The second-order valence-corrected chi connectivity index (χ2v) is 6.88. The second-order valence-electron chi connectivity index (χ2n) is 5.13. The van der Waals surface area contributed by atoms with Crippen LogP contribution in [0.5, 0.6) is 0 Å². The molecule has 4 rings (SSSR count). The molecule has 5 heteroatoms. The zero-order valence-corrected chi connectivity index (χ0v) is 12.9. The van der Waals surface area contributed by atoms with E-state index in [9.17, 15) is 0 Å². The summed E-state index contributed by atoms with van der Waals surface area (Å²) in [5.41, 5.74) is 2.88. The summed E-state index contributed by atoms with van der Waals surface area (Å²) in [4.78, 5) is 9.36. The molecule has 1 aliphatic rings. The summed E-state index contributed by atoms with van der Waals surface area (Å²) in [7, 11) is 0. The molecule has 0 radical (unpaired) electrons. The Balaban J connectivity index is 1.98. The minimum atomic E-state index is 0.443. The molecule has 1 fully saturated rings. The smallest absolute Gasteiger partial charge is 0.164 e. The third-order valence-corrected chi connectivity index (χ3v) is 5.33. The average molecular weight is 316 g/mol. The molecule has 1 unspecified atom stereocenters. The number of rotatable bonds is 2. The average Bonchev–Trinajstić information content (AvgIpc) is 3.14. The van der Waals surface area contributed by atoms with Crippen LogP contribution in [0.2, 0.25) is 5.02 Å². The number of halogens is 1. The number of aromatic nitrogens is 3. The highest BCUT2D eigenvalue weighted by Crippen LogP contribution is 2.41. The van der Waals surface area contributed by atoms with Gasteiger partial charge in [0.1, 0.15) is 11.3 Å². The molecule has 3 nitrogen and oxygen atoms in total. The molecule has 1 atom stereocenters. The highest BCUT2D eigenvalue weighted by atomic mass is 35.5. The third kappa shape index (κ3) is 2.32. The molecule has 0 aliphatic carbocycles. The van der Waals surface area contributed by atoms with Crippen molar-refractivity contribution in [2.75, 3.05) is 5.75 Å². The van der Waals surface area contributed by atoms with Gasteiger partial charge in [-0.25, -0.2) is 9.97 Å². The summed E-state index contributed by atoms with van der Waals surface area (Å²) >= 11 is 8.15. The summed E-state index contributed by atoms with van der Waals surface area (Å²) < 4.78 is 2.16.